The highest BCUT2D eigenvalue weighted by Gasteiger charge is 2.39. The fourth-order valence-corrected chi connectivity index (χ4v) is 1.57. The number of nitrogens with one attached hydrogen (secondary N) is 1. The summed E-state index contributed by atoms with van der Waals surface area (Å²) in [4.78, 5) is 10.2. The van der Waals surface area contributed by atoms with Crippen molar-refractivity contribution in [1.82, 2.24) is 5.32 Å². The molecule has 0 spiro atoms. The fraction of sp³-hybridized carbons (Fsp3) is 0.857. The van der Waals surface area contributed by atoms with Gasteiger partial charge in [0, 0.05) is 6.04 Å². The maximum absolute atomic E-state index is 10.2. The maximum Gasteiger partial charge on any atom is 0.404 e. The van der Waals surface area contributed by atoms with Crippen molar-refractivity contribution in [1.29, 1.82) is 0 Å². The van der Waals surface area contributed by atoms with Crippen molar-refractivity contribution < 1.29 is 9.90 Å². The Labute approximate surface area is 65.8 Å². The number of hydrogen-bond donors (Lipinski definition) is 3. The van der Waals surface area contributed by atoms with Crippen LogP contribution in [0.1, 0.15) is 19.8 Å². The number of carbonyl (C=O) groups is 1. The van der Waals surface area contributed by atoms with E-state index in [1.165, 1.54) is 0 Å². The molecule has 0 radical (unpaired) electrons. The maximum atomic E-state index is 10.2. The van der Waals surface area contributed by atoms with Gasteiger partial charge in [-0.05, 0) is 24.8 Å². The van der Waals surface area contributed by atoms with Gasteiger partial charge in [0.25, 0.3) is 0 Å². The quantitative estimate of drug-likeness (QED) is 0.544. The molecule has 1 fully saturated rings. The molecule has 1 aliphatic carbocycles. The Morgan fingerprint density at radius 1 is 1.82 bits per heavy atom. The molecule has 0 aliphatic heterocycles. The molecule has 0 unspecified atom stereocenters. The second-order valence-corrected chi connectivity index (χ2v) is 3.57. The average molecular weight is 158 g/mol. The average Bonchev–Trinajstić information content (AvgIpc) is 1.83. The van der Waals surface area contributed by atoms with E-state index in [0.717, 1.165) is 12.8 Å². The van der Waals surface area contributed by atoms with Crippen LogP contribution in [-0.2, 0) is 0 Å². The van der Waals surface area contributed by atoms with Crippen LogP contribution in [-0.4, -0.2) is 23.8 Å². The van der Waals surface area contributed by atoms with Crippen LogP contribution >= 0.6 is 0 Å². The highest BCUT2D eigenvalue weighted by molar-refractivity contribution is 5.65. The Morgan fingerprint density at radius 2 is 2.36 bits per heavy atom. The summed E-state index contributed by atoms with van der Waals surface area (Å²) < 4.78 is 0. The SMILES string of the molecule is CC1(CN)CC(NC(=O)O)C1. The van der Waals surface area contributed by atoms with Crippen molar-refractivity contribution in [2.45, 2.75) is 25.8 Å². The minimum absolute atomic E-state index is 0.126. The third kappa shape index (κ3) is 1.83. The van der Waals surface area contributed by atoms with Gasteiger partial charge in [0.2, 0.25) is 0 Å². The highest BCUT2D eigenvalue weighted by atomic mass is 16.4. The third-order valence-electron chi connectivity index (χ3n) is 2.30. The van der Waals surface area contributed by atoms with Crippen molar-refractivity contribution >= 4 is 6.09 Å². The molecule has 1 amide bonds. The molecule has 0 bridgehead atoms. The molecule has 0 heterocycles. The fourth-order valence-electron chi connectivity index (χ4n) is 1.57. The van der Waals surface area contributed by atoms with E-state index in [4.69, 9.17) is 10.8 Å². The molecule has 4 heteroatoms. The second kappa shape index (κ2) is 2.70. The molecule has 0 aromatic heterocycles. The lowest BCUT2D eigenvalue weighted by Gasteiger charge is -2.44. The Kier molecular flexibility index (Phi) is 2.04. The van der Waals surface area contributed by atoms with Crippen LogP contribution in [0.5, 0.6) is 0 Å². The van der Waals surface area contributed by atoms with Crippen LogP contribution in [0.2, 0.25) is 0 Å². The van der Waals surface area contributed by atoms with Crippen LogP contribution in [0.25, 0.3) is 0 Å². The first-order valence-corrected chi connectivity index (χ1v) is 3.75. The first-order valence-electron chi connectivity index (χ1n) is 3.75. The molecule has 1 saturated carbocycles. The standard InChI is InChI=1S/C7H14N2O2/c1-7(4-8)2-5(3-7)9-6(10)11/h5,9H,2-4,8H2,1H3,(H,10,11). The van der Waals surface area contributed by atoms with Crippen LogP contribution in [0, 0.1) is 5.41 Å². The molecule has 1 aliphatic rings. The molecule has 1 rings (SSSR count). The summed E-state index contributed by atoms with van der Waals surface area (Å²) in [5.41, 5.74) is 5.66. The number of hydrogen-bond acceptors (Lipinski definition) is 2. The molecular weight excluding hydrogens is 144 g/mol. The Hall–Kier alpha value is -0.770. The van der Waals surface area contributed by atoms with Gasteiger partial charge >= 0.3 is 6.09 Å². The molecule has 11 heavy (non-hydrogen) atoms. The topological polar surface area (TPSA) is 75.3 Å². The second-order valence-electron chi connectivity index (χ2n) is 3.57. The first-order chi connectivity index (χ1) is 5.06. The van der Waals surface area contributed by atoms with Crippen LogP contribution in [0.3, 0.4) is 0 Å². The van der Waals surface area contributed by atoms with E-state index < -0.39 is 6.09 Å². The zero-order valence-electron chi connectivity index (χ0n) is 6.63. The Morgan fingerprint density at radius 3 is 2.73 bits per heavy atom. The van der Waals surface area contributed by atoms with Crippen molar-refractivity contribution in [3.05, 3.63) is 0 Å². The molecule has 0 atom stereocenters. The zero-order chi connectivity index (χ0) is 8.48. The minimum Gasteiger partial charge on any atom is -0.465 e. The lowest BCUT2D eigenvalue weighted by Crippen LogP contribution is -2.52. The van der Waals surface area contributed by atoms with Gasteiger partial charge in [0.15, 0.2) is 0 Å². The van der Waals surface area contributed by atoms with Gasteiger partial charge in [0.1, 0.15) is 0 Å². The van der Waals surface area contributed by atoms with Gasteiger partial charge in [-0.2, -0.15) is 0 Å². The van der Waals surface area contributed by atoms with Gasteiger partial charge in [-0.15, -0.1) is 0 Å². The molecular formula is C7H14N2O2. The lowest BCUT2D eigenvalue weighted by molar-refractivity contribution is 0.107. The molecule has 4 nitrogen and oxygen atoms in total. The predicted molar refractivity (Wildman–Crippen MR) is 41.3 cm³/mol. The van der Waals surface area contributed by atoms with Crippen molar-refractivity contribution in [2.24, 2.45) is 11.1 Å². The number of amides is 1. The third-order valence-corrected chi connectivity index (χ3v) is 2.30. The van der Waals surface area contributed by atoms with E-state index in [9.17, 15) is 4.79 Å². The van der Waals surface area contributed by atoms with E-state index in [1.807, 2.05) is 0 Å². The van der Waals surface area contributed by atoms with Gasteiger partial charge in [-0.3, -0.25) is 0 Å². The molecule has 4 N–H and O–H groups in total. The van der Waals surface area contributed by atoms with Crippen molar-refractivity contribution in [3.63, 3.8) is 0 Å². The smallest absolute Gasteiger partial charge is 0.404 e. The van der Waals surface area contributed by atoms with Crippen LogP contribution in [0.4, 0.5) is 4.79 Å². The largest absolute Gasteiger partial charge is 0.465 e. The van der Waals surface area contributed by atoms with E-state index in [0.29, 0.717) is 6.54 Å². The lowest BCUT2D eigenvalue weighted by atomic mass is 9.67. The van der Waals surface area contributed by atoms with E-state index in [2.05, 4.69) is 12.2 Å². The molecule has 0 saturated heterocycles. The van der Waals surface area contributed by atoms with Gasteiger partial charge in [-0.1, -0.05) is 6.92 Å². The van der Waals surface area contributed by atoms with Crippen molar-refractivity contribution in [3.8, 4) is 0 Å². The summed E-state index contributed by atoms with van der Waals surface area (Å²) in [6, 6.07) is 0.126. The van der Waals surface area contributed by atoms with E-state index in [1.54, 1.807) is 0 Å². The van der Waals surface area contributed by atoms with E-state index in [-0.39, 0.29) is 11.5 Å². The van der Waals surface area contributed by atoms with Crippen LogP contribution < -0.4 is 11.1 Å². The monoisotopic (exact) mass is 158 g/mol. The summed E-state index contributed by atoms with van der Waals surface area (Å²) in [6.45, 7) is 2.72. The van der Waals surface area contributed by atoms with Crippen molar-refractivity contribution in [2.75, 3.05) is 6.54 Å². The van der Waals surface area contributed by atoms with Crippen LogP contribution in [0.15, 0.2) is 0 Å². The Bertz CT molecular complexity index is 164. The Balaban J connectivity index is 2.23. The number of nitrogens with two attached hydrogens (primary N) is 1. The van der Waals surface area contributed by atoms with Gasteiger partial charge in [-0.25, -0.2) is 4.79 Å². The summed E-state index contributed by atoms with van der Waals surface area (Å²) in [7, 11) is 0. The predicted octanol–water partition coefficient (Wildman–Crippen LogP) is 0.381. The molecule has 0 aromatic rings. The molecule has 0 aromatic carbocycles. The number of carboxylic acid groups (broad SMARTS) is 1. The summed E-state index contributed by atoms with van der Waals surface area (Å²) in [6.07, 6.45) is 0.806. The first kappa shape index (κ1) is 8.33. The number of rotatable bonds is 2. The summed E-state index contributed by atoms with van der Waals surface area (Å²) in [5.74, 6) is 0. The minimum atomic E-state index is -0.936. The van der Waals surface area contributed by atoms with Gasteiger partial charge < -0.3 is 16.2 Å². The van der Waals surface area contributed by atoms with Gasteiger partial charge in [0.05, 0.1) is 0 Å². The summed E-state index contributed by atoms with van der Waals surface area (Å²) >= 11 is 0. The normalized spacial score (nSPS) is 36.0. The molecule has 64 valence electrons. The zero-order valence-corrected chi connectivity index (χ0v) is 6.63. The highest BCUT2D eigenvalue weighted by Crippen LogP contribution is 2.39. The van der Waals surface area contributed by atoms with E-state index >= 15 is 0 Å². The summed E-state index contributed by atoms with van der Waals surface area (Å²) in [5, 5.41) is 10.8.